The van der Waals surface area contributed by atoms with Crippen molar-refractivity contribution in [3.8, 4) is 34.1 Å². The molecule has 0 aliphatic carbocycles. The molecule has 198 valence electrons. The van der Waals surface area contributed by atoms with Gasteiger partial charge in [-0.1, -0.05) is 24.3 Å². The number of aromatic hydroxyl groups is 1. The number of carbonyl (C=O) groups excluding carboxylic acids is 1. The van der Waals surface area contributed by atoms with Crippen LogP contribution < -0.4 is 10.1 Å². The number of phenolic OH excluding ortho intramolecular Hbond substituents is 1. The highest BCUT2D eigenvalue weighted by molar-refractivity contribution is 6.06. The monoisotopic (exact) mass is 530 g/mol. The van der Waals surface area contributed by atoms with E-state index in [2.05, 4.69) is 20.3 Å². The first-order valence-electron chi connectivity index (χ1n) is 12.7. The minimum absolute atomic E-state index is 0.0772. The Bertz CT molecular complexity index is 1860. The lowest BCUT2D eigenvalue weighted by atomic mass is 10.0. The summed E-state index contributed by atoms with van der Waals surface area (Å²) in [5.74, 6) is 1.71. The molecule has 6 rings (SSSR count). The molecule has 0 saturated heterocycles. The van der Waals surface area contributed by atoms with Crippen LogP contribution in [0.1, 0.15) is 21.7 Å². The molecule has 0 aliphatic heterocycles. The summed E-state index contributed by atoms with van der Waals surface area (Å²) in [6.07, 6.45) is 5.34. The van der Waals surface area contributed by atoms with Crippen LogP contribution in [0.15, 0.2) is 91.4 Å². The number of ether oxygens (including phenoxy) is 1. The minimum atomic E-state index is -0.241. The minimum Gasteiger partial charge on any atom is -0.507 e. The molecule has 0 aliphatic rings. The molecule has 3 aromatic carbocycles. The van der Waals surface area contributed by atoms with E-state index in [9.17, 15) is 9.90 Å². The lowest BCUT2D eigenvalue weighted by Crippen LogP contribution is -2.14. The second kappa shape index (κ2) is 10.4. The number of pyridine rings is 1. The van der Waals surface area contributed by atoms with Gasteiger partial charge in [-0.05, 0) is 66.6 Å². The van der Waals surface area contributed by atoms with Crippen LogP contribution in [0.4, 0.5) is 5.69 Å². The van der Waals surface area contributed by atoms with E-state index in [0.29, 0.717) is 34.9 Å². The van der Waals surface area contributed by atoms with Gasteiger partial charge in [-0.2, -0.15) is 0 Å². The molecular formula is C31H26N6O3. The largest absolute Gasteiger partial charge is 0.507 e. The number of H-pyrrole nitrogens is 1. The number of benzene rings is 3. The van der Waals surface area contributed by atoms with Crippen LogP contribution in [0.3, 0.4) is 0 Å². The molecule has 9 nitrogen and oxygen atoms in total. The summed E-state index contributed by atoms with van der Waals surface area (Å²) in [6, 6.07) is 22.0. The van der Waals surface area contributed by atoms with E-state index in [4.69, 9.17) is 9.72 Å². The molecule has 1 amide bonds. The zero-order valence-corrected chi connectivity index (χ0v) is 21.9. The standard InChI is InChI=1S/C31H26N6O3/c1-19-32-14-15-37(19)18-22-6-3-4-8-25(22)36-30(39)21-9-11-26-27(17-21)35-29(34-26)24-16-20(10-12-28(24)38)23-7-5-13-33-31(23)40-2/h3-17,38H,18H2,1-2H3,(H,34,35)(H,36,39). The molecule has 0 spiro atoms. The van der Waals surface area contributed by atoms with Gasteiger partial charge in [-0.25, -0.2) is 15.0 Å². The van der Waals surface area contributed by atoms with Gasteiger partial charge < -0.3 is 24.7 Å². The zero-order valence-electron chi connectivity index (χ0n) is 21.9. The van der Waals surface area contributed by atoms with E-state index in [1.807, 2.05) is 66.2 Å². The van der Waals surface area contributed by atoms with E-state index < -0.39 is 0 Å². The molecule has 6 aromatic rings. The van der Waals surface area contributed by atoms with Crippen LogP contribution in [0.5, 0.6) is 11.6 Å². The second-order valence-electron chi connectivity index (χ2n) is 9.32. The number of hydrogen-bond acceptors (Lipinski definition) is 6. The Balaban J connectivity index is 1.28. The van der Waals surface area contributed by atoms with Crippen molar-refractivity contribution in [3.63, 3.8) is 0 Å². The van der Waals surface area contributed by atoms with E-state index in [1.54, 1.807) is 43.8 Å². The third kappa shape index (κ3) is 4.76. The van der Waals surface area contributed by atoms with Crippen molar-refractivity contribution in [2.24, 2.45) is 0 Å². The van der Waals surface area contributed by atoms with E-state index in [-0.39, 0.29) is 11.7 Å². The van der Waals surface area contributed by atoms with Crippen molar-refractivity contribution < 1.29 is 14.6 Å². The molecule has 0 fully saturated rings. The van der Waals surface area contributed by atoms with Crippen LogP contribution in [0.25, 0.3) is 33.5 Å². The SMILES string of the molecule is COc1ncccc1-c1ccc(O)c(-c2nc3cc(C(=O)Nc4ccccc4Cn4ccnc4C)ccc3[nH]2)c1. The summed E-state index contributed by atoms with van der Waals surface area (Å²) < 4.78 is 7.43. The number of fused-ring (bicyclic) bond motifs is 1. The molecule has 9 heteroatoms. The van der Waals surface area contributed by atoms with Gasteiger partial charge >= 0.3 is 0 Å². The first-order valence-corrected chi connectivity index (χ1v) is 12.7. The predicted molar refractivity (Wildman–Crippen MR) is 153 cm³/mol. The Morgan fingerprint density at radius 3 is 2.70 bits per heavy atom. The summed E-state index contributed by atoms with van der Waals surface area (Å²) in [5.41, 5.74) is 5.66. The first-order chi connectivity index (χ1) is 19.5. The number of nitrogens with one attached hydrogen (secondary N) is 2. The number of nitrogens with zero attached hydrogens (tertiary/aromatic N) is 4. The number of rotatable bonds is 7. The number of phenols is 1. The Morgan fingerprint density at radius 2 is 1.88 bits per heavy atom. The van der Waals surface area contributed by atoms with Crippen molar-refractivity contribution in [2.75, 3.05) is 12.4 Å². The van der Waals surface area contributed by atoms with Crippen LogP contribution >= 0.6 is 0 Å². The number of para-hydroxylation sites is 1. The normalized spacial score (nSPS) is 11.1. The second-order valence-corrected chi connectivity index (χ2v) is 9.32. The van der Waals surface area contributed by atoms with Gasteiger partial charge in [0.15, 0.2) is 0 Å². The van der Waals surface area contributed by atoms with Crippen molar-refractivity contribution in [3.05, 3.63) is 108 Å². The maximum Gasteiger partial charge on any atom is 0.255 e. The Morgan fingerprint density at radius 1 is 1.00 bits per heavy atom. The fraction of sp³-hybridized carbons (Fsp3) is 0.0968. The smallest absolute Gasteiger partial charge is 0.255 e. The summed E-state index contributed by atoms with van der Waals surface area (Å²) >= 11 is 0. The molecule has 40 heavy (non-hydrogen) atoms. The van der Waals surface area contributed by atoms with Gasteiger partial charge in [0.2, 0.25) is 5.88 Å². The fourth-order valence-electron chi connectivity index (χ4n) is 4.67. The van der Waals surface area contributed by atoms with E-state index in [1.165, 1.54) is 0 Å². The molecule has 0 saturated carbocycles. The molecule has 0 atom stereocenters. The lowest BCUT2D eigenvalue weighted by molar-refractivity contribution is 0.102. The van der Waals surface area contributed by atoms with Gasteiger partial charge in [-0.15, -0.1) is 0 Å². The summed E-state index contributed by atoms with van der Waals surface area (Å²) in [6.45, 7) is 2.54. The first kappa shape index (κ1) is 24.9. The van der Waals surface area contributed by atoms with Crippen molar-refractivity contribution >= 4 is 22.6 Å². The van der Waals surface area contributed by atoms with Gasteiger partial charge in [-0.3, -0.25) is 4.79 Å². The number of aromatic nitrogens is 5. The average molecular weight is 531 g/mol. The topological polar surface area (TPSA) is 118 Å². The molecular weight excluding hydrogens is 504 g/mol. The Kier molecular flexibility index (Phi) is 6.45. The predicted octanol–water partition coefficient (Wildman–Crippen LogP) is 5.81. The molecule has 3 N–H and O–H groups in total. The van der Waals surface area contributed by atoms with Crippen molar-refractivity contribution in [1.29, 1.82) is 0 Å². The quantitative estimate of drug-likeness (QED) is 0.240. The van der Waals surface area contributed by atoms with Crippen LogP contribution in [0, 0.1) is 6.92 Å². The number of hydrogen-bond donors (Lipinski definition) is 3. The maximum absolute atomic E-state index is 13.2. The van der Waals surface area contributed by atoms with Gasteiger partial charge in [0.1, 0.15) is 17.4 Å². The lowest BCUT2D eigenvalue weighted by Gasteiger charge is -2.12. The highest BCUT2D eigenvalue weighted by Gasteiger charge is 2.16. The van der Waals surface area contributed by atoms with Gasteiger partial charge in [0.25, 0.3) is 5.91 Å². The molecule has 0 unspecified atom stereocenters. The van der Waals surface area contributed by atoms with Gasteiger partial charge in [0, 0.05) is 35.4 Å². The molecule has 3 aromatic heterocycles. The Hall–Kier alpha value is -5.44. The summed E-state index contributed by atoms with van der Waals surface area (Å²) in [7, 11) is 1.57. The van der Waals surface area contributed by atoms with Crippen LogP contribution in [0.2, 0.25) is 0 Å². The zero-order chi connectivity index (χ0) is 27.6. The summed E-state index contributed by atoms with van der Waals surface area (Å²) in [4.78, 5) is 29.7. The number of methoxy groups -OCH3 is 1. The number of anilines is 1. The molecule has 0 bridgehead atoms. The van der Waals surface area contributed by atoms with E-state index in [0.717, 1.165) is 33.7 Å². The highest BCUT2D eigenvalue weighted by Crippen LogP contribution is 2.35. The Labute approximate surface area is 230 Å². The molecule has 3 heterocycles. The number of aromatic amines is 1. The van der Waals surface area contributed by atoms with Crippen LogP contribution in [-0.4, -0.2) is 42.6 Å². The van der Waals surface area contributed by atoms with Gasteiger partial charge in [0.05, 0.1) is 30.3 Å². The van der Waals surface area contributed by atoms with Crippen LogP contribution in [-0.2, 0) is 6.54 Å². The average Bonchev–Trinajstić information content (AvgIpc) is 3.59. The third-order valence-electron chi connectivity index (χ3n) is 6.80. The summed E-state index contributed by atoms with van der Waals surface area (Å²) in [5, 5.41) is 13.7. The maximum atomic E-state index is 13.2. The highest BCUT2D eigenvalue weighted by atomic mass is 16.5. The molecule has 0 radical (unpaired) electrons. The van der Waals surface area contributed by atoms with Crippen molar-refractivity contribution in [2.45, 2.75) is 13.5 Å². The third-order valence-corrected chi connectivity index (χ3v) is 6.80. The number of imidazole rings is 2. The number of carbonyl (C=O) groups is 1. The number of amides is 1. The number of aryl methyl sites for hydroxylation is 1. The van der Waals surface area contributed by atoms with E-state index >= 15 is 0 Å². The van der Waals surface area contributed by atoms with Crippen molar-refractivity contribution in [1.82, 2.24) is 24.5 Å². The fourth-order valence-corrected chi connectivity index (χ4v) is 4.67.